The summed E-state index contributed by atoms with van der Waals surface area (Å²) in [7, 11) is 0. The molecule has 1 atom stereocenters. The Morgan fingerprint density at radius 2 is 2.25 bits per heavy atom. The normalized spacial score (nSPS) is 18.8. The maximum Gasteiger partial charge on any atom is 0.0326 e. The molecule has 1 aromatic rings. The van der Waals surface area contributed by atoms with Gasteiger partial charge in [-0.1, -0.05) is 47.8 Å². The van der Waals surface area contributed by atoms with Crippen LogP contribution < -0.4 is 5.32 Å². The van der Waals surface area contributed by atoms with Gasteiger partial charge in [-0.15, -0.1) is 0 Å². The van der Waals surface area contributed by atoms with Gasteiger partial charge < -0.3 is 5.32 Å². The monoisotopic (exact) mass is 281 g/mol. The van der Waals surface area contributed by atoms with Crippen molar-refractivity contribution in [1.29, 1.82) is 0 Å². The molecular formula is C14H20BrN. The molecule has 1 aliphatic rings. The lowest BCUT2D eigenvalue weighted by molar-refractivity contribution is 0.511. The van der Waals surface area contributed by atoms with E-state index >= 15 is 0 Å². The van der Waals surface area contributed by atoms with Gasteiger partial charge in [-0.2, -0.15) is 0 Å². The average molecular weight is 282 g/mol. The second kappa shape index (κ2) is 5.83. The van der Waals surface area contributed by atoms with Gasteiger partial charge in [-0.3, -0.25) is 0 Å². The van der Waals surface area contributed by atoms with Crippen molar-refractivity contribution < 1.29 is 0 Å². The zero-order valence-electron chi connectivity index (χ0n) is 9.93. The standard InChI is InChI=1S/C14H20BrN/c1-2-3-4-10-16-14-9-8-11-12(14)6-5-7-13(11)15/h5-7,14,16H,2-4,8-10H2,1H3. The van der Waals surface area contributed by atoms with E-state index in [1.807, 2.05) is 0 Å². The summed E-state index contributed by atoms with van der Waals surface area (Å²) in [6, 6.07) is 7.15. The number of hydrogen-bond donors (Lipinski definition) is 1. The van der Waals surface area contributed by atoms with Crippen molar-refractivity contribution in [2.45, 2.75) is 45.1 Å². The van der Waals surface area contributed by atoms with E-state index in [-0.39, 0.29) is 0 Å². The third-order valence-corrected chi connectivity index (χ3v) is 4.13. The number of rotatable bonds is 5. The first-order valence-electron chi connectivity index (χ1n) is 6.33. The fourth-order valence-corrected chi connectivity index (χ4v) is 3.05. The highest BCUT2D eigenvalue weighted by Crippen LogP contribution is 2.35. The van der Waals surface area contributed by atoms with Crippen LogP contribution in [0.15, 0.2) is 22.7 Å². The molecule has 1 aliphatic carbocycles. The molecule has 0 radical (unpaired) electrons. The SMILES string of the molecule is CCCCCNC1CCc2c(Br)cccc21. The molecule has 0 heterocycles. The smallest absolute Gasteiger partial charge is 0.0326 e. The van der Waals surface area contributed by atoms with Crippen LogP contribution in [0.2, 0.25) is 0 Å². The van der Waals surface area contributed by atoms with Gasteiger partial charge in [-0.25, -0.2) is 0 Å². The third-order valence-electron chi connectivity index (χ3n) is 3.38. The molecule has 0 fully saturated rings. The van der Waals surface area contributed by atoms with Crippen molar-refractivity contribution in [1.82, 2.24) is 5.32 Å². The first kappa shape index (κ1) is 12.1. The molecule has 0 aromatic heterocycles. The minimum Gasteiger partial charge on any atom is -0.310 e. The van der Waals surface area contributed by atoms with E-state index in [2.05, 4.69) is 46.4 Å². The lowest BCUT2D eigenvalue weighted by atomic mass is 10.1. The summed E-state index contributed by atoms with van der Waals surface area (Å²) in [5.41, 5.74) is 3.02. The van der Waals surface area contributed by atoms with E-state index in [4.69, 9.17) is 0 Å². The summed E-state index contributed by atoms with van der Waals surface area (Å²) in [5.74, 6) is 0. The molecule has 0 bridgehead atoms. The number of halogens is 1. The molecule has 1 N–H and O–H groups in total. The summed E-state index contributed by atoms with van der Waals surface area (Å²) in [5, 5.41) is 3.68. The molecule has 1 nitrogen and oxygen atoms in total. The van der Waals surface area contributed by atoms with Crippen LogP contribution in [-0.2, 0) is 6.42 Å². The van der Waals surface area contributed by atoms with Crippen molar-refractivity contribution in [3.05, 3.63) is 33.8 Å². The maximum atomic E-state index is 3.68. The summed E-state index contributed by atoms with van der Waals surface area (Å²) < 4.78 is 1.28. The first-order chi connectivity index (χ1) is 7.83. The van der Waals surface area contributed by atoms with Crippen LogP contribution in [-0.4, -0.2) is 6.54 Å². The van der Waals surface area contributed by atoms with Gasteiger partial charge >= 0.3 is 0 Å². The van der Waals surface area contributed by atoms with Gasteiger partial charge in [0.1, 0.15) is 0 Å². The van der Waals surface area contributed by atoms with Crippen LogP contribution in [0.25, 0.3) is 0 Å². The molecule has 0 aliphatic heterocycles. The number of benzene rings is 1. The summed E-state index contributed by atoms with van der Waals surface area (Å²) >= 11 is 3.64. The predicted molar refractivity (Wildman–Crippen MR) is 72.7 cm³/mol. The van der Waals surface area contributed by atoms with E-state index in [0.29, 0.717) is 6.04 Å². The van der Waals surface area contributed by atoms with E-state index in [1.54, 1.807) is 0 Å². The van der Waals surface area contributed by atoms with Crippen molar-refractivity contribution in [2.75, 3.05) is 6.54 Å². The van der Waals surface area contributed by atoms with Crippen LogP contribution in [0.5, 0.6) is 0 Å². The van der Waals surface area contributed by atoms with Crippen LogP contribution in [0, 0.1) is 0 Å². The Kier molecular flexibility index (Phi) is 4.42. The number of unbranched alkanes of at least 4 members (excludes halogenated alkanes) is 2. The first-order valence-corrected chi connectivity index (χ1v) is 7.13. The molecule has 0 saturated carbocycles. The number of fused-ring (bicyclic) bond motifs is 1. The highest BCUT2D eigenvalue weighted by molar-refractivity contribution is 9.10. The maximum absolute atomic E-state index is 3.68. The number of hydrogen-bond acceptors (Lipinski definition) is 1. The molecule has 16 heavy (non-hydrogen) atoms. The van der Waals surface area contributed by atoms with Crippen molar-refractivity contribution in [3.63, 3.8) is 0 Å². The predicted octanol–water partition coefficient (Wildman–Crippen LogP) is 4.22. The lowest BCUT2D eigenvalue weighted by Gasteiger charge is -2.14. The molecule has 0 amide bonds. The van der Waals surface area contributed by atoms with Gasteiger partial charge in [0.2, 0.25) is 0 Å². The quantitative estimate of drug-likeness (QED) is 0.797. The van der Waals surface area contributed by atoms with Gasteiger partial charge in [0, 0.05) is 10.5 Å². The van der Waals surface area contributed by atoms with E-state index in [1.165, 1.54) is 47.7 Å². The van der Waals surface area contributed by atoms with Crippen LogP contribution in [0.1, 0.15) is 49.8 Å². The van der Waals surface area contributed by atoms with Gasteiger partial charge in [0.25, 0.3) is 0 Å². The van der Waals surface area contributed by atoms with Crippen LogP contribution >= 0.6 is 15.9 Å². The Morgan fingerprint density at radius 3 is 3.06 bits per heavy atom. The van der Waals surface area contributed by atoms with Gasteiger partial charge in [-0.05, 0) is 43.0 Å². The average Bonchev–Trinajstić information content (AvgIpc) is 2.70. The van der Waals surface area contributed by atoms with Crippen molar-refractivity contribution in [3.8, 4) is 0 Å². The molecule has 88 valence electrons. The molecule has 0 spiro atoms. The highest BCUT2D eigenvalue weighted by atomic mass is 79.9. The second-order valence-corrected chi connectivity index (χ2v) is 5.41. The summed E-state index contributed by atoms with van der Waals surface area (Å²) in [6.07, 6.45) is 6.40. The fraction of sp³-hybridized carbons (Fsp3) is 0.571. The Labute approximate surface area is 107 Å². The van der Waals surface area contributed by atoms with Crippen molar-refractivity contribution >= 4 is 15.9 Å². The third kappa shape index (κ3) is 2.67. The van der Waals surface area contributed by atoms with Gasteiger partial charge in [0.15, 0.2) is 0 Å². The molecule has 0 saturated heterocycles. The minimum absolute atomic E-state index is 0.587. The van der Waals surface area contributed by atoms with E-state index in [9.17, 15) is 0 Å². The second-order valence-electron chi connectivity index (χ2n) is 4.56. The topological polar surface area (TPSA) is 12.0 Å². The summed E-state index contributed by atoms with van der Waals surface area (Å²) in [6.45, 7) is 3.41. The highest BCUT2D eigenvalue weighted by Gasteiger charge is 2.22. The zero-order chi connectivity index (χ0) is 11.4. The van der Waals surface area contributed by atoms with E-state index < -0.39 is 0 Å². The Bertz CT molecular complexity index is 349. The summed E-state index contributed by atoms with van der Waals surface area (Å²) in [4.78, 5) is 0. The fourth-order valence-electron chi connectivity index (χ4n) is 2.47. The molecule has 1 aromatic carbocycles. The van der Waals surface area contributed by atoms with Crippen LogP contribution in [0.3, 0.4) is 0 Å². The minimum atomic E-state index is 0.587. The van der Waals surface area contributed by atoms with Crippen molar-refractivity contribution in [2.24, 2.45) is 0 Å². The Morgan fingerprint density at radius 1 is 1.38 bits per heavy atom. The molecule has 2 heteroatoms. The Hall–Kier alpha value is -0.340. The van der Waals surface area contributed by atoms with Gasteiger partial charge in [0.05, 0.1) is 0 Å². The largest absolute Gasteiger partial charge is 0.310 e. The van der Waals surface area contributed by atoms with E-state index in [0.717, 1.165) is 6.54 Å². The molecule has 1 unspecified atom stereocenters. The molecular weight excluding hydrogens is 262 g/mol. The molecule has 2 rings (SSSR count). The Balaban J connectivity index is 1.93. The lowest BCUT2D eigenvalue weighted by Crippen LogP contribution is -2.20. The van der Waals surface area contributed by atoms with Crippen LogP contribution in [0.4, 0.5) is 0 Å². The number of nitrogens with one attached hydrogen (secondary N) is 1. The zero-order valence-corrected chi connectivity index (χ0v) is 11.5.